The molecule has 4 rings (SSSR count). The monoisotopic (exact) mass is 421 g/mol. The lowest BCUT2D eigenvalue weighted by Gasteiger charge is -2.27. The number of aromatic carboxylic acids is 1. The van der Waals surface area contributed by atoms with Crippen LogP contribution in [0, 0.1) is 11.7 Å². The van der Waals surface area contributed by atoms with Gasteiger partial charge in [-0.3, -0.25) is 4.79 Å². The molecule has 6 nitrogen and oxygen atoms in total. The quantitative estimate of drug-likeness (QED) is 0.622. The van der Waals surface area contributed by atoms with Gasteiger partial charge in [-0.25, -0.2) is 9.18 Å². The standard InChI is InChI=1S/C21H25ClFN3O3/c1-3-24-11(2)12-4-7-26(10-12)18-15(23)8-13-17(16(18)21(22)5-6-21)25-9-14(19(13)27)20(28)29/h8-9,11-12,24H,3-7,10H2,1-2H3,(H,25,27)(H,28,29). The molecule has 0 spiro atoms. The number of H-pyrrole nitrogens is 1. The third-order valence-electron chi connectivity index (χ3n) is 6.25. The molecule has 1 saturated heterocycles. The van der Waals surface area contributed by atoms with E-state index in [4.69, 9.17) is 11.6 Å². The molecule has 0 radical (unpaired) electrons. The molecule has 2 fully saturated rings. The highest BCUT2D eigenvalue weighted by molar-refractivity contribution is 6.27. The number of hydrogen-bond donors (Lipinski definition) is 3. The van der Waals surface area contributed by atoms with Gasteiger partial charge in [0.15, 0.2) is 0 Å². The summed E-state index contributed by atoms with van der Waals surface area (Å²) in [7, 11) is 0. The number of alkyl halides is 1. The summed E-state index contributed by atoms with van der Waals surface area (Å²) in [6.45, 7) is 6.50. The average molecular weight is 422 g/mol. The van der Waals surface area contributed by atoms with Crippen LogP contribution < -0.4 is 15.6 Å². The Hall–Kier alpha value is -2.12. The Morgan fingerprint density at radius 1 is 1.52 bits per heavy atom. The molecule has 1 aliphatic heterocycles. The first-order valence-electron chi connectivity index (χ1n) is 10.1. The summed E-state index contributed by atoms with van der Waals surface area (Å²) in [5.41, 5.74) is 0.358. The molecule has 0 bridgehead atoms. The van der Waals surface area contributed by atoms with Gasteiger partial charge < -0.3 is 20.3 Å². The minimum Gasteiger partial charge on any atom is -0.477 e. The SMILES string of the molecule is CCNC(C)C1CCN(c2c(F)cc3c(=O)c(C(=O)O)c[nH]c3c2C2(Cl)CC2)C1. The second kappa shape index (κ2) is 7.29. The first-order chi connectivity index (χ1) is 13.8. The van der Waals surface area contributed by atoms with E-state index < -0.39 is 27.7 Å². The molecule has 2 heterocycles. The van der Waals surface area contributed by atoms with E-state index in [-0.39, 0.29) is 5.39 Å². The summed E-state index contributed by atoms with van der Waals surface area (Å²) in [5, 5.41) is 12.7. The van der Waals surface area contributed by atoms with Crippen molar-refractivity contribution in [3.63, 3.8) is 0 Å². The van der Waals surface area contributed by atoms with E-state index in [2.05, 4.69) is 24.1 Å². The van der Waals surface area contributed by atoms with Gasteiger partial charge in [-0.15, -0.1) is 11.6 Å². The number of benzene rings is 1. The predicted octanol–water partition coefficient (Wildman–Crippen LogP) is 3.42. The van der Waals surface area contributed by atoms with Gasteiger partial charge in [-0.1, -0.05) is 6.92 Å². The molecule has 3 N–H and O–H groups in total. The zero-order valence-electron chi connectivity index (χ0n) is 16.5. The third-order valence-corrected chi connectivity index (χ3v) is 6.81. The van der Waals surface area contributed by atoms with E-state index in [1.165, 1.54) is 6.20 Å². The Balaban J connectivity index is 1.85. The number of carboxylic acids is 1. The second-order valence-corrected chi connectivity index (χ2v) is 8.87. The largest absolute Gasteiger partial charge is 0.477 e. The number of aromatic nitrogens is 1. The van der Waals surface area contributed by atoms with Crippen molar-refractivity contribution in [1.29, 1.82) is 0 Å². The molecule has 2 aromatic rings. The van der Waals surface area contributed by atoms with Gasteiger partial charge in [-0.05, 0) is 44.7 Å². The average Bonchev–Trinajstić information content (AvgIpc) is 3.22. The van der Waals surface area contributed by atoms with Crippen LogP contribution in [0.15, 0.2) is 17.1 Å². The summed E-state index contributed by atoms with van der Waals surface area (Å²) in [6.07, 6.45) is 3.50. The minimum absolute atomic E-state index is 0.0323. The van der Waals surface area contributed by atoms with Crippen molar-refractivity contribution in [2.75, 3.05) is 24.5 Å². The highest BCUT2D eigenvalue weighted by Crippen LogP contribution is 2.57. The second-order valence-electron chi connectivity index (χ2n) is 8.15. The molecular weight excluding hydrogens is 397 g/mol. The fraction of sp³-hybridized carbons (Fsp3) is 0.524. The number of pyridine rings is 1. The number of halogens is 2. The molecule has 156 valence electrons. The number of rotatable bonds is 6. The van der Waals surface area contributed by atoms with E-state index in [0.717, 1.165) is 19.0 Å². The molecule has 29 heavy (non-hydrogen) atoms. The highest BCUT2D eigenvalue weighted by atomic mass is 35.5. The summed E-state index contributed by atoms with van der Waals surface area (Å²) >= 11 is 6.76. The molecule has 8 heteroatoms. The Labute approximate surface area is 173 Å². The van der Waals surface area contributed by atoms with E-state index in [1.807, 2.05) is 4.90 Å². The van der Waals surface area contributed by atoms with Crippen LogP contribution in [0.3, 0.4) is 0 Å². The molecule has 1 aliphatic carbocycles. The molecule has 2 atom stereocenters. The van der Waals surface area contributed by atoms with Gasteiger partial charge in [-0.2, -0.15) is 0 Å². The maximum atomic E-state index is 15.4. The summed E-state index contributed by atoms with van der Waals surface area (Å²) in [4.78, 5) is 28.2. The fourth-order valence-electron chi connectivity index (χ4n) is 4.47. The normalized spacial score (nSPS) is 21.5. The van der Waals surface area contributed by atoms with Crippen molar-refractivity contribution in [2.45, 2.75) is 44.0 Å². The highest BCUT2D eigenvalue weighted by Gasteiger charge is 2.47. The molecule has 0 amide bonds. The predicted molar refractivity (Wildman–Crippen MR) is 112 cm³/mol. The van der Waals surface area contributed by atoms with Gasteiger partial charge >= 0.3 is 5.97 Å². The third kappa shape index (κ3) is 3.40. The van der Waals surface area contributed by atoms with Crippen LogP contribution in [-0.4, -0.2) is 41.7 Å². The number of hydrogen-bond acceptors (Lipinski definition) is 4. The van der Waals surface area contributed by atoms with Crippen molar-refractivity contribution in [2.24, 2.45) is 5.92 Å². The molecule has 1 saturated carbocycles. The summed E-state index contributed by atoms with van der Waals surface area (Å²) in [5.74, 6) is -1.48. The minimum atomic E-state index is -1.34. The molecule has 2 unspecified atom stereocenters. The van der Waals surface area contributed by atoms with Crippen LogP contribution >= 0.6 is 11.6 Å². The smallest absolute Gasteiger partial charge is 0.341 e. The zero-order chi connectivity index (χ0) is 20.9. The molecule has 1 aromatic carbocycles. The fourth-order valence-corrected chi connectivity index (χ4v) is 4.75. The lowest BCUT2D eigenvalue weighted by Crippen LogP contribution is -2.35. The Bertz CT molecular complexity index is 1030. The van der Waals surface area contributed by atoms with E-state index in [0.29, 0.717) is 54.7 Å². The van der Waals surface area contributed by atoms with E-state index >= 15 is 4.39 Å². The lowest BCUT2D eigenvalue weighted by atomic mass is 9.99. The number of carboxylic acid groups (broad SMARTS) is 1. The van der Waals surface area contributed by atoms with Crippen molar-refractivity contribution >= 4 is 34.2 Å². The van der Waals surface area contributed by atoms with Crippen LogP contribution in [0.1, 0.15) is 49.0 Å². The maximum absolute atomic E-state index is 15.4. The first kappa shape index (κ1) is 20.2. The van der Waals surface area contributed by atoms with Crippen molar-refractivity contribution in [3.05, 3.63) is 39.4 Å². The van der Waals surface area contributed by atoms with Crippen LogP contribution in [0.2, 0.25) is 0 Å². The van der Waals surface area contributed by atoms with Gasteiger partial charge in [0.05, 0.1) is 16.1 Å². The van der Waals surface area contributed by atoms with Crippen molar-refractivity contribution in [1.82, 2.24) is 10.3 Å². The summed E-state index contributed by atoms with van der Waals surface area (Å²) < 4.78 is 15.4. The Morgan fingerprint density at radius 2 is 2.24 bits per heavy atom. The number of nitrogens with one attached hydrogen (secondary N) is 2. The Morgan fingerprint density at radius 3 is 2.86 bits per heavy atom. The van der Waals surface area contributed by atoms with Gasteiger partial charge in [0, 0.05) is 36.3 Å². The molecule has 2 aliphatic rings. The van der Waals surface area contributed by atoms with E-state index in [1.54, 1.807) is 0 Å². The van der Waals surface area contributed by atoms with Crippen LogP contribution in [0.4, 0.5) is 10.1 Å². The van der Waals surface area contributed by atoms with Gasteiger partial charge in [0.25, 0.3) is 0 Å². The van der Waals surface area contributed by atoms with E-state index in [9.17, 15) is 14.7 Å². The maximum Gasteiger partial charge on any atom is 0.341 e. The number of fused-ring (bicyclic) bond motifs is 1. The topological polar surface area (TPSA) is 85.4 Å². The molecular formula is C21H25ClFN3O3. The first-order valence-corrected chi connectivity index (χ1v) is 10.4. The van der Waals surface area contributed by atoms with Crippen molar-refractivity contribution in [3.8, 4) is 0 Å². The number of carbonyl (C=O) groups is 1. The van der Waals surface area contributed by atoms with Gasteiger partial charge in [0.1, 0.15) is 11.4 Å². The number of aromatic amines is 1. The molecule has 1 aromatic heterocycles. The number of anilines is 1. The van der Waals surface area contributed by atoms with Gasteiger partial charge in [0.2, 0.25) is 5.43 Å². The Kier molecular flexibility index (Phi) is 5.07. The van der Waals surface area contributed by atoms with Crippen LogP contribution in [-0.2, 0) is 4.87 Å². The zero-order valence-corrected chi connectivity index (χ0v) is 17.3. The summed E-state index contributed by atoms with van der Waals surface area (Å²) in [6, 6.07) is 1.48. The van der Waals surface area contributed by atoms with Crippen LogP contribution in [0.5, 0.6) is 0 Å². The van der Waals surface area contributed by atoms with Crippen molar-refractivity contribution < 1.29 is 14.3 Å². The number of nitrogens with zero attached hydrogens (tertiary/aromatic N) is 1. The lowest BCUT2D eigenvalue weighted by molar-refractivity contribution is 0.0695. The van der Waals surface area contributed by atoms with Crippen LogP contribution in [0.25, 0.3) is 10.9 Å².